The minimum Gasteiger partial charge on any atom is -0.378 e. The molecule has 1 atom stereocenters. The van der Waals surface area contributed by atoms with Crippen molar-refractivity contribution in [2.75, 3.05) is 39.9 Å². The predicted molar refractivity (Wildman–Crippen MR) is 58.5 cm³/mol. The van der Waals surface area contributed by atoms with Crippen LogP contribution in [0.3, 0.4) is 0 Å². The Kier molecular flexibility index (Phi) is 5.60. The van der Waals surface area contributed by atoms with Gasteiger partial charge in [-0.25, -0.2) is 0 Å². The zero-order valence-corrected chi connectivity index (χ0v) is 9.37. The van der Waals surface area contributed by atoms with Crippen LogP contribution < -0.4 is 11.1 Å². The van der Waals surface area contributed by atoms with Crippen molar-refractivity contribution < 1.29 is 9.53 Å². The molecule has 0 radical (unpaired) electrons. The minimum atomic E-state index is -0.124. The van der Waals surface area contributed by atoms with E-state index in [9.17, 15) is 4.79 Å². The molecule has 88 valence electrons. The van der Waals surface area contributed by atoms with Crippen LogP contribution in [-0.2, 0) is 9.53 Å². The highest BCUT2D eigenvalue weighted by Gasteiger charge is 2.27. The third kappa shape index (κ3) is 3.77. The van der Waals surface area contributed by atoms with E-state index in [-0.39, 0.29) is 11.9 Å². The molecule has 0 aromatic rings. The van der Waals surface area contributed by atoms with Crippen molar-refractivity contribution in [1.82, 2.24) is 10.2 Å². The topological polar surface area (TPSA) is 67.6 Å². The molecule has 3 N–H and O–H groups in total. The second kappa shape index (κ2) is 6.76. The summed E-state index contributed by atoms with van der Waals surface area (Å²) in [6.07, 6.45) is 2.06. The van der Waals surface area contributed by atoms with Crippen LogP contribution in [0.2, 0.25) is 0 Å². The third-order valence-corrected chi connectivity index (χ3v) is 2.69. The number of hydrogen-bond acceptors (Lipinski definition) is 4. The fraction of sp³-hybridized carbons (Fsp3) is 0.900. The number of nitrogens with one attached hydrogen (secondary N) is 1. The standard InChI is InChI=1S/C10H21N3O2/c1-12-10(14)9-8-15-7-6-13(9)5-3-2-4-11/h9H,2-8,11H2,1H3,(H,12,14). The number of nitrogens with zero attached hydrogens (tertiary/aromatic N) is 1. The molecular weight excluding hydrogens is 194 g/mol. The number of ether oxygens (including phenoxy) is 1. The summed E-state index contributed by atoms with van der Waals surface area (Å²) in [5.41, 5.74) is 5.44. The summed E-state index contributed by atoms with van der Waals surface area (Å²) in [6.45, 7) is 3.70. The van der Waals surface area contributed by atoms with Crippen molar-refractivity contribution >= 4 is 5.91 Å². The molecule has 0 aromatic heterocycles. The molecule has 1 rings (SSSR count). The maximum Gasteiger partial charge on any atom is 0.239 e. The number of carbonyl (C=O) groups is 1. The summed E-state index contributed by atoms with van der Waals surface area (Å²) in [7, 11) is 1.66. The first kappa shape index (κ1) is 12.4. The molecule has 1 aliphatic heterocycles. The lowest BCUT2D eigenvalue weighted by molar-refractivity contribution is -0.132. The Bertz CT molecular complexity index is 199. The predicted octanol–water partition coefficient (Wildman–Crippen LogP) is -0.828. The zero-order chi connectivity index (χ0) is 11.1. The second-order valence-electron chi connectivity index (χ2n) is 3.74. The number of likely N-dealkylation sites (N-methyl/N-ethyl adjacent to an activating group) is 1. The Morgan fingerprint density at radius 3 is 3.07 bits per heavy atom. The summed E-state index contributed by atoms with van der Waals surface area (Å²) in [5, 5.41) is 2.67. The van der Waals surface area contributed by atoms with Crippen molar-refractivity contribution in [2.45, 2.75) is 18.9 Å². The van der Waals surface area contributed by atoms with Gasteiger partial charge in [-0.3, -0.25) is 9.69 Å². The first-order valence-electron chi connectivity index (χ1n) is 5.53. The van der Waals surface area contributed by atoms with Gasteiger partial charge in [0.2, 0.25) is 5.91 Å². The molecule has 5 heteroatoms. The molecular formula is C10H21N3O2. The van der Waals surface area contributed by atoms with Crippen molar-refractivity contribution in [1.29, 1.82) is 0 Å². The van der Waals surface area contributed by atoms with Crippen LogP contribution in [-0.4, -0.2) is 56.7 Å². The average molecular weight is 215 g/mol. The summed E-state index contributed by atoms with van der Waals surface area (Å²) in [6, 6.07) is -0.124. The van der Waals surface area contributed by atoms with Crippen LogP contribution in [0, 0.1) is 0 Å². The van der Waals surface area contributed by atoms with Crippen molar-refractivity contribution in [3.05, 3.63) is 0 Å². The van der Waals surface area contributed by atoms with E-state index in [0.717, 1.165) is 39.1 Å². The molecule has 0 aliphatic carbocycles. The zero-order valence-electron chi connectivity index (χ0n) is 9.37. The fourth-order valence-electron chi connectivity index (χ4n) is 1.77. The van der Waals surface area contributed by atoms with E-state index >= 15 is 0 Å². The van der Waals surface area contributed by atoms with Crippen LogP contribution in [0.15, 0.2) is 0 Å². The number of carbonyl (C=O) groups excluding carboxylic acids is 1. The molecule has 1 aliphatic rings. The lowest BCUT2D eigenvalue weighted by Gasteiger charge is -2.34. The quantitative estimate of drug-likeness (QED) is 0.588. The maximum atomic E-state index is 11.6. The SMILES string of the molecule is CNC(=O)C1COCCN1CCCCN. The Morgan fingerprint density at radius 2 is 2.40 bits per heavy atom. The molecule has 5 nitrogen and oxygen atoms in total. The monoisotopic (exact) mass is 215 g/mol. The van der Waals surface area contributed by atoms with E-state index in [0.29, 0.717) is 6.61 Å². The van der Waals surface area contributed by atoms with Gasteiger partial charge in [-0.15, -0.1) is 0 Å². The van der Waals surface area contributed by atoms with Gasteiger partial charge in [0.1, 0.15) is 6.04 Å². The van der Waals surface area contributed by atoms with Crippen molar-refractivity contribution in [3.8, 4) is 0 Å². The number of amides is 1. The van der Waals surface area contributed by atoms with Gasteiger partial charge >= 0.3 is 0 Å². The largest absolute Gasteiger partial charge is 0.378 e. The molecule has 1 saturated heterocycles. The van der Waals surface area contributed by atoms with E-state index < -0.39 is 0 Å². The average Bonchev–Trinajstić information content (AvgIpc) is 2.29. The van der Waals surface area contributed by atoms with Gasteiger partial charge in [0.25, 0.3) is 0 Å². The molecule has 1 heterocycles. The van der Waals surface area contributed by atoms with Gasteiger partial charge in [-0.05, 0) is 25.9 Å². The van der Waals surface area contributed by atoms with Crippen LogP contribution in [0.4, 0.5) is 0 Å². The highest BCUT2D eigenvalue weighted by molar-refractivity contribution is 5.81. The lowest BCUT2D eigenvalue weighted by atomic mass is 10.2. The van der Waals surface area contributed by atoms with Gasteiger partial charge in [0.15, 0.2) is 0 Å². The lowest BCUT2D eigenvalue weighted by Crippen LogP contribution is -2.53. The Morgan fingerprint density at radius 1 is 1.60 bits per heavy atom. The normalized spacial score (nSPS) is 22.7. The summed E-state index contributed by atoms with van der Waals surface area (Å²) in [4.78, 5) is 13.7. The van der Waals surface area contributed by atoms with Crippen molar-refractivity contribution in [2.24, 2.45) is 5.73 Å². The summed E-state index contributed by atoms with van der Waals surface area (Å²) in [5.74, 6) is 0.0439. The number of nitrogens with two attached hydrogens (primary N) is 1. The summed E-state index contributed by atoms with van der Waals surface area (Å²) >= 11 is 0. The third-order valence-electron chi connectivity index (χ3n) is 2.69. The van der Waals surface area contributed by atoms with E-state index in [1.165, 1.54) is 0 Å². The Labute approximate surface area is 90.9 Å². The Balaban J connectivity index is 2.39. The van der Waals surface area contributed by atoms with E-state index in [1.54, 1.807) is 7.05 Å². The Hall–Kier alpha value is -0.650. The minimum absolute atomic E-state index is 0.0439. The highest BCUT2D eigenvalue weighted by atomic mass is 16.5. The van der Waals surface area contributed by atoms with E-state index in [1.807, 2.05) is 0 Å². The number of rotatable bonds is 5. The smallest absolute Gasteiger partial charge is 0.239 e. The van der Waals surface area contributed by atoms with Gasteiger partial charge in [-0.2, -0.15) is 0 Å². The van der Waals surface area contributed by atoms with Gasteiger partial charge in [-0.1, -0.05) is 0 Å². The first-order chi connectivity index (χ1) is 7.29. The molecule has 15 heavy (non-hydrogen) atoms. The molecule has 1 unspecified atom stereocenters. The van der Waals surface area contributed by atoms with Gasteiger partial charge in [0, 0.05) is 13.6 Å². The maximum absolute atomic E-state index is 11.6. The van der Waals surface area contributed by atoms with Crippen LogP contribution in [0.5, 0.6) is 0 Å². The van der Waals surface area contributed by atoms with Crippen molar-refractivity contribution in [3.63, 3.8) is 0 Å². The molecule has 1 amide bonds. The molecule has 0 aromatic carbocycles. The van der Waals surface area contributed by atoms with Crippen LogP contribution in [0.1, 0.15) is 12.8 Å². The number of unbranched alkanes of at least 4 members (excludes halogenated alkanes) is 1. The molecule has 0 saturated carbocycles. The highest BCUT2D eigenvalue weighted by Crippen LogP contribution is 2.08. The van der Waals surface area contributed by atoms with Crippen LogP contribution >= 0.6 is 0 Å². The number of hydrogen-bond donors (Lipinski definition) is 2. The summed E-state index contributed by atoms with van der Waals surface area (Å²) < 4.78 is 5.31. The molecule has 0 spiro atoms. The van der Waals surface area contributed by atoms with E-state index in [4.69, 9.17) is 10.5 Å². The molecule has 0 bridgehead atoms. The van der Waals surface area contributed by atoms with Gasteiger partial charge < -0.3 is 15.8 Å². The second-order valence-corrected chi connectivity index (χ2v) is 3.74. The van der Waals surface area contributed by atoms with Gasteiger partial charge in [0.05, 0.1) is 13.2 Å². The fourth-order valence-corrected chi connectivity index (χ4v) is 1.77. The number of morpholine rings is 1. The first-order valence-corrected chi connectivity index (χ1v) is 5.53. The van der Waals surface area contributed by atoms with E-state index in [2.05, 4.69) is 10.2 Å². The molecule has 1 fully saturated rings. The van der Waals surface area contributed by atoms with Crippen LogP contribution in [0.25, 0.3) is 0 Å².